The standard InChI is InChI=1S/2C9H17N.H2O4S/c2*1-4-6-9(7-5-2)8-10-3;1-5(2,3)4/h2*4-5,9-10H,1-2,6-8H2,3H3;(H2,1,2,3,4). The molecule has 0 bridgehead atoms. The van der Waals surface area contributed by atoms with Crippen molar-refractivity contribution in [1.29, 1.82) is 0 Å². The fourth-order valence-electron chi connectivity index (χ4n) is 2.05. The summed E-state index contributed by atoms with van der Waals surface area (Å²) in [6.45, 7) is 16.9. The highest BCUT2D eigenvalue weighted by atomic mass is 32.3. The highest BCUT2D eigenvalue weighted by Gasteiger charge is 2.01. The molecular formula is C18H36N2O4S. The quantitative estimate of drug-likeness (QED) is 0.308. The van der Waals surface area contributed by atoms with Gasteiger partial charge in [0.15, 0.2) is 0 Å². The first kappa shape index (κ1) is 28.5. The van der Waals surface area contributed by atoms with Crippen LogP contribution in [0.15, 0.2) is 50.6 Å². The summed E-state index contributed by atoms with van der Waals surface area (Å²) in [6, 6.07) is 0. The molecule has 0 aliphatic carbocycles. The molecule has 0 aromatic heterocycles. The average Bonchev–Trinajstić information content (AvgIpc) is 2.48. The zero-order chi connectivity index (χ0) is 20.1. The van der Waals surface area contributed by atoms with Gasteiger partial charge in [0.2, 0.25) is 0 Å². The summed E-state index contributed by atoms with van der Waals surface area (Å²) in [5.41, 5.74) is 0. The summed E-state index contributed by atoms with van der Waals surface area (Å²) in [4.78, 5) is 0. The second-order valence-electron chi connectivity index (χ2n) is 5.39. The predicted molar refractivity (Wildman–Crippen MR) is 108 cm³/mol. The molecule has 7 heteroatoms. The first-order valence-corrected chi connectivity index (χ1v) is 9.52. The number of hydrogen-bond acceptors (Lipinski definition) is 4. The van der Waals surface area contributed by atoms with Gasteiger partial charge in [0.25, 0.3) is 0 Å². The molecule has 25 heavy (non-hydrogen) atoms. The van der Waals surface area contributed by atoms with Crippen molar-refractivity contribution in [3.05, 3.63) is 50.6 Å². The van der Waals surface area contributed by atoms with E-state index < -0.39 is 10.4 Å². The lowest BCUT2D eigenvalue weighted by Gasteiger charge is -2.10. The third-order valence-corrected chi connectivity index (χ3v) is 2.99. The van der Waals surface area contributed by atoms with Crippen LogP contribution in [0.25, 0.3) is 0 Å². The average molecular weight is 377 g/mol. The van der Waals surface area contributed by atoms with Gasteiger partial charge in [-0.3, -0.25) is 9.11 Å². The molecule has 0 saturated carbocycles. The highest BCUT2D eigenvalue weighted by Crippen LogP contribution is 2.08. The number of allylic oxidation sites excluding steroid dienone is 4. The minimum atomic E-state index is -4.67. The first-order valence-electron chi connectivity index (χ1n) is 8.12. The van der Waals surface area contributed by atoms with Crippen LogP contribution in [0.2, 0.25) is 0 Å². The molecule has 0 saturated heterocycles. The third-order valence-electron chi connectivity index (χ3n) is 2.99. The highest BCUT2D eigenvalue weighted by molar-refractivity contribution is 7.79. The van der Waals surface area contributed by atoms with E-state index >= 15 is 0 Å². The van der Waals surface area contributed by atoms with Crippen LogP contribution in [0.5, 0.6) is 0 Å². The Bertz CT molecular complexity index is 382. The Morgan fingerprint density at radius 2 is 0.960 bits per heavy atom. The van der Waals surface area contributed by atoms with Crippen LogP contribution in [-0.4, -0.2) is 44.7 Å². The van der Waals surface area contributed by atoms with E-state index in [0.717, 1.165) is 38.8 Å². The molecule has 148 valence electrons. The van der Waals surface area contributed by atoms with E-state index in [1.54, 1.807) is 0 Å². The van der Waals surface area contributed by atoms with Crippen LogP contribution in [0.1, 0.15) is 25.7 Å². The van der Waals surface area contributed by atoms with E-state index in [4.69, 9.17) is 17.5 Å². The van der Waals surface area contributed by atoms with Crippen molar-refractivity contribution in [2.75, 3.05) is 27.2 Å². The topological polar surface area (TPSA) is 98.7 Å². The van der Waals surface area contributed by atoms with E-state index in [-0.39, 0.29) is 0 Å². The molecule has 0 amide bonds. The number of nitrogens with one attached hydrogen (secondary N) is 2. The Kier molecular flexibility index (Phi) is 23.7. The van der Waals surface area contributed by atoms with Gasteiger partial charge in [0.1, 0.15) is 0 Å². The van der Waals surface area contributed by atoms with Crippen LogP contribution in [0, 0.1) is 11.8 Å². The van der Waals surface area contributed by atoms with Crippen molar-refractivity contribution >= 4 is 10.4 Å². The molecule has 6 nitrogen and oxygen atoms in total. The van der Waals surface area contributed by atoms with Crippen molar-refractivity contribution in [2.45, 2.75) is 25.7 Å². The maximum absolute atomic E-state index is 8.74. The maximum atomic E-state index is 8.74. The van der Waals surface area contributed by atoms with Gasteiger partial charge < -0.3 is 10.6 Å². The van der Waals surface area contributed by atoms with E-state index in [2.05, 4.69) is 36.9 Å². The van der Waals surface area contributed by atoms with Crippen LogP contribution >= 0.6 is 0 Å². The molecule has 4 N–H and O–H groups in total. The van der Waals surface area contributed by atoms with Crippen molar-refractivity contribution in [3.63, 3.8) is 0 Å². The minimum absolute atomic E-state index is 0.681. The molecule has 0 aromatic rings. The first-order chi connectivity index (χ1) is 11.7. The summed E-state index contributed by atoms with van der Waals surface area (Å²) >= 11 is 0. The summed E-state index contributed by atoms with van der Waals surface area (Å²) in [5, 5.41) is 6.28. The van der Waals surface area contributed by atoms with Gasteiger partial charge in [-0.2, -0.15) is 8.42 Å². The van der Waals surface area contributed by atoms with E-state index in [1.807, 2.05) is 38.4 Å². The van der Waals surface area contributed by atoms with Gasteiger partial charge in [-0.25, -0.2) is 0 Å². The zero-order valence-electron chi connectivity index (χ0n) is 15.7. The van der Waals surface area contributed by atoms with E-state index in [9.17, 15) is 0 Å². The molecule has 0 fully saturated rings. The van der Waals surface area contributed by atoms with Gasteiger partial charge in [-0.15, -0.1) is 26.3 Å². The van der Waals surface area contributed by atoms with Gasteiger partial charge in [-0.05, 0) is 64.7 Å². The Labute approximate surface area is 154 Å². The van der Waals surface area contributed by atoms with Crippen LogP contribution in [-0.2, 0) is 10.4 Å². The third kappa shape index (κ3) is 34.9. The Morgan fingerprint density at radius 1 is 0.760 bits per heavy atom. The lowest BCUT2D eigenvalue weighted by Crippen LogP contribution is -2.17. The molecule has 0 heterocycles. The normalized spacial score (nSPS) is 10.2. The van der Waals surface area contributed by atoms with Crippen LogP contribution < -0.4 is 10.6 Å². The lowest BCUT2D eigenvalue weighted by atomic mass is 10.0. The Balaban J connectivity index is -0.000000308. The van der Waals surface area contributed by atoms with Crippen molar-refractivity contribution in [2.24, 2.45) is 11.8 Å². The van der Waals surface area contributed by atoms with Gasteiger partial charge in [0.05, 0.1) is 0 Å². The SMILES string of the molecule is C=CCC(CC=C)CNC.C=CCC(CC=C)CNC.O=S(=O)(O)O. The van der Waals surface area contributed by atoms with Gasteiger partial charge in [-0.1, -0.05) is 24.3 Å². The summed E-state index contributed by atoms with van der Waals surface area (Å²) in [5.74, 6) is 1.36. The summed E-state index contributed by atoms with van der Waals surface area (Å²) in [7, 11) is -0.724. The van der Waals surface area contributed by atoms with Gasteiger partial charge >= 0.3 is 10.4 Å². The molecule has 0 unspecified atom stereocenters. The second kappa shape index (κ2) is 20.8. The molecule has 0 aliphatic rings. The smallest absolute Gasteiger partial charge is 0.319 e. The van der Waals surface area contributed by atoms with Gasteiger partial charge in [0, 0.05) is 0 Å². The molecule has 0 aromatic carbocycles. The largest absolute Gasteiger partial charge is 0.394 e. The molecule has 0 radical (unpaired) electrons. The molecule has 0 aliphatic heterocycles. The second-order valence-corrected chi connectivity index (χ2v) is 6.29. The Hall–Kier alpha value is -1.25. The fourth-order valence-corrected chi connectivity index (χ4v) is 2.05. The number of hydrogen-bond donors (Lipinski definition) is 4. The van der Waals surface area contributed by atoms with Crippen molar-refractivity contribution in [3.8, 4) is 0 Å². The summed E-state index contributed by atoms with van der Waals surface area (Å²) in [6.07, 6.45) is 12.2. The van der Waals surface area contributed by atoms with Crippen LogP contribution in [0.3, 0.4) is 0 Å². The van der Waals surface area contributed by atoms with Crippen LogP contribution in [0.4, 0.5) is 0 Å². The molecule has 0 atom stereocenters. The maximum Gasteiger partial charge on any atom is 0.394 e. The fraction of sp³-hybridized carbons (Fsp3) is 0.556. The summed E-state index contributed by atoms with van der Waals surface area (Å²) < 4.78 is 31.6. The van der Waals surface area contributed by atoms with E-state index in [1.165, 1.54) is 0 Å². The predicted octanol–water partition coefficient (Wildman–Crippen LogP) is 3.30. The lowest BCUT2D eigenvalue weighted by molar-refractivity contribution is 0.381. The number of rotatable bonds is 12. The minimum Gasteiger partial charge on any atom is -0.319 e. The van der Waals surface area contributed by atoms with Crippen molar-refractivity contribution in [1.82, 2.24) is 10.6 Å². The molecule has 0 rings (SSSR count). The molecule has 0 spiro atoms. The molecular weight excluding hydrogens is 340 g/mol. The monoisotopic (exact) mass is 376 g/mol. The van der Waals surface area contributed by atoms with Crippen molar-refractivity contribution < 1.29 is 17.5 Å². The Morgan fingerprint density at radius 3 is 1.08 bits per heavy atom. The van der Waals surface area contributed by atoms with E-state index in [0.29, 0.717) is 11.8 Å². The zero-order valence-corrected chi connectivity index (χ0v) is 16.5.